The zero-order chi connectivity index (χ0) is 14.6. The fraction of sp³-hybridized carbons (Fsp3) is 0.857. The second-order valence-corrected chi connectivity index (χ2v) is 5.88. The van der Waals surface area contributed by atoms with Crippen LogP contribution in [0.4, 0.5) is 0 Å². The zero-order valence-electron chi connectivity index (χ0n) is 12.4. The van der Waals surface area contributed by atoms with Crippen LogP contribution in [0, 0.1) is 0 Å². The molecule has 0 aromatic carbocycles. The van der Waals surface area contributed by atoms with Crippen LogP contribution in [0.15, 0.2) is 4.52 Å². The molecule has 114 valence electrons. The van der Waals surface area contributed by atoms with Crippen molar-refractivity contribution < 1.29 is 14.4 Å². The summed E-state index contributed by atoms with van der Waals surface area (Å²) in [5, 5.41) is 14.1. The molecule has 1 unspecified atom stereocenters. The molecule has 1 aromatic heterocycles. The van der Waals surface area contributed by atoms with Gasteiger partial charge >= 0.3 is 0 Å². The second kappa shape index (κ2) is 6.20. The Morgan fingerprint density at radius 3 is 2.70 bits per heavy atom. The van der Waals surface area contributed by atoms with Gasteiger partial charge < -0.3 is 20.1 Å². The Morgan fingerprint density at radius 2 is 2.10 bits per heavy atom. The van der Waals surface area contributed by atoms with Crippen molar-refractivity contribution in [2.24, 2.45) is 5.73 Å². The molecule has 1 fully saturated rings. The molecular weight excluding hydrogens is 258 g/mol. The van der Waals surface area contributed by atoms with Gasteiger partial charge in [0.25, 0.3) is 0 Å². The maximum absolute atomic E-state index is 9.98. The molecular formula is C14H25N3O3. The van der Waals surface area contributed by atoms with Gasteiger partial charge in [-0.15, -0.1) is 0 Å². The smallest absolute Gasteiger partial charge is 0.229 e. The van der Waals surface area contributed by atoms with E-state index in [0.29, 0.717) is 18.3 Å². The van der Waals surface area contributed by atoms with Crippen molar-refractivity contribution in [2.75, 3.05) is 13.2 Å². The Bertz CT molecular complexity index is 420. The van der Waals surface area contributed by atoms with Gasteiger partial charge in [-0.3, -0.25) is 0 Å². The molecule has 0 saturated heterocycles. The minimum Gasteiger partial charge on any atom is -0.388 e. The van der Waals surface area contributed by atoms with Crippen molar-refractivity contribution >= 4 is 0 Å². The highest BCUT2D eigenvalue weighted by molar-refractivity contribution is 5.04. The summed E-state index contributed by atoms with van der Waals surface area (Å²) in [5.74, 6) is 1.03. The van der Waals surface area contributed by atoms with Crippen LogP contribution in [0.25, 0.3) is 0 Å². The molecule has 0 bridgehead atoms. The van der Waals surface area contributed by atoms with E-state index in [2.05, 4.69) is 10.1 Å². The first-order valence-corrected chi connectivity index (χ1v) is 7.41. The number of aliphatic hydroxyl groups is 1. The lowest BCUT2D eigenvalue weighted by molar-refractivity contribution is -0.0777. The summed E-state index contributed by atoms with van der Waals surface area (Å²) in [5.41, 5.74) is 4.08. The van der Waals surface area contributed by atoms with E-state index >= 15 is 0 Å². The largest absolute Gasteiger partial charge is 0.388 e. The molecule has 1 atom stereocenters. The third-order valence-corrected chi connectivity index (χ3v) is 3.93. The Kier molecular flexibility index (Phi) is 4.78. The molecule has 6 heteroatoms. The molecule has 0 radical (unpaired) electrons. The quantitative estimate of drug-likeness (QED) is 0.822. The topological polar surface area (TPSA) is 94.4 Å². The Labute approximate surface area is 119 Å². The van der Waals surface area contributed by atoms with E-state index in [4.69, 9.17) is 15.0 Å². The molecule has 3 N–H and O–H groups in total. The van der Waals surface area contributed by atoms with Gasteiger partial charge in [-0.2, -0.15) is 4.98 Å². The lowest BCUT2D eigenvalue weighted by atomic mass is 9.84. The van der Waals surface area contributed by atoms with Crippen molar-refractivity contribution in [1.82, 2.24) is 10.1 Å². The van der Waals surface area contributed by atoms with Crippen LogP contribution in [0.2, 0.25) is 0 Å². The summed E-state index contributed by atoms with van der Waals surface area (Å²) in [6, 6.07) is 0. The van der Waals surface area contributed by atoms with Crippen LogP contribution in [0.1, 0.15) is 57.7 Å². The average Bonchev–Trinajstić information content (AvgIpc) is 2.88. The van der Waals surface area contributed by atoms with Gasteiger partial charge in [0, 0.05) is 13.2 Å². The van der Waals surface area contributed by atoms with Gasteiger partial charge in [0.2, 0.25) is 11.7 Å². The van der Waals surface area contributed by atoms with Gasteiger partial charge in [0.1, 0.15) is 5.60 Å². The minimum atomic E-state index is -1.02. The molecule has 1 aromatic rings. The SMILES string of the molecule is CCOC1(c2noc(CC(C)(O)CN)n2)CCCCC1. The Hall–Kier alpha value is -0.980. The third kappa shape index (κ3) is 3.37. The average molecular weight is 283 g/mol. The van der Waals surface area contributed by atoms with E-state index in [9.17, 15) is 5.11 Å². The highest BCUT2D eigenvalue weighted by Gasteiger charge is 2.39. The van der Waals surface area contributed by atoms with Crippen molar-refractivity contribution in [1.29, 1.82) is 0 Å². The first-order valence-electron chi connectivity index (χ1n) is 7.41. The molecule has 20 heavy (non-hydrogen) atoms. The summed E-state index contributed by atoms with van der Waals surface area (Å²) in [6.07, 6.45) is 5.56. The lowest BCUT2D eigenvalue weighted by Gasteiger charge is -2.33. The van der Waals surface area contributed by atoms with Crippen LogP contribution in [-0.2, 0) is 16.8 Å². The molecule has 6 nitrogen and oxygen atoms in total. The van der Waals surface area contributed by atoms with E-state index in [1.807, 2.05) is 6.92 Å². The summed E-state index contributed by atoms with van der Waals surface area (Å²) in [6.45, 7) is 4.43. The van der Waals surface area contributed by atoms with E-state index in [0.717, 1.165) is 25.7 Å². The number of nitrogens with two attached hydrogens (primary N) is 1. The number of hydrogen-bond acceptors (Lipinski definition) is 6. The number of aromatic nitrogens is 2. The normalized spacial score (nSPS) is 21.6. The number of nitrogens with zero attached hydrogens (tertiary/aromatic N) is 2. The fourth-order valence-electron chi connectivity index (χ4n) is 2.74. The van der Waals surface area contributed by atoms with Crippen molar-refractivity contribution in [3.8, 4) is 0 Å². The monoisotopic (exact) mass is 283 g/mol. The van der Waals surface area contributed by atoms with Crippen LogP contribution in [0.5, 0.6) is 0 Å². The summed E-state index contributed by atoms with van der Waals surface area (Å²) < 4.78 is 11.2. The van der Waals surface area contributed by atoms with Crippen LogP contribution < -0.4 is 5.73 Å². The maximum atomic E-state index is 9.98. The predicted octanol–water partition coefficient (Wildman–Crippen LogP) is 1.52. The highest BCUT2D eigenvalue weighted by atomic mass is 16.5. The van der Waals surface area contributed by atoms with Crippen molar-refractivity contribution in [2.45, 2.75) is 63.6 Å². The van der Waals surface area contributed by atoms with Gasteiger partial charge in [-0.1, -0.05) is 24.4 Å². The first kappa shape index (κ1) is 15.4. The lowest BCUT2D eigenvalue weighted by Crippen LogP contribution is -2.36. The molecule has 0 amide bonds. The first-order chi connectivity index (χ1) is 9.51. The van der Waals surface area contributed by atoms with Crippen molar-refractivity contribution in [3.63, 3.8) is 0 Å². The molecule has 0 aliphatic heterocycles. The molecule has 1 heterocycles. The van der Waals surface area contributed by atoms with Crippen LogP contribution >= 0.6 is 0 Å². The summed E-state index contributed by atoms with van der Waals surface area (Å²) in [4.78, 5) is 4.44. The number of hydrogen-bond donors (Lipinski definition) is 2. The fourth-order valence-corrected chi connectivity index (χ4v) is 2.74. The maximum Gasteiger partial charge on any atom is 0.229 e. The Morgan fingerprint density at radius 1 is 1.40 bits per heavy atom. The van der Waals surface area contributed by atoms with Gasteiger partial charge in [0.15, 0.2) is 0 Å². The number of ether oxygens (including phenoxy) is 1. The van der Waals surface area contributed by atoms with Crippen LogP contribution in [0.3, 0.4) is 0 Å². The number of rotatable bonds is 6. The molecule has 1 aliphatic rings. The third-order valence-electron chi connectivity index (χ3n) is 3.93. The van der Waals surface area contributed by atoms with Gasteiger partial charge in [-0.05, 0) is 26.7 Å². The molecule has 0 spiro atoms. The van der Waals surface area contributed by atoms with E-state index < -0.39 is 11.2 Å². The van der Waals surface area contributed by atoms with E-state index in [-0.39, 0.29) is 13.0 Å². The summed E-state index contributed by atoms with van der Waals surface area (Å²) in [7, 11) is 0. The van der Waals surface area contributed by atoms with Crippen molar-refractivity contribution in [3.05, 3.63) is 11.7 Å². The van der Waals surface area contributed by atoms with Gasteiger partial charge in [0.05, 0.1) is 12.0 Å². The van der Waals surface area contributed by atoms with Gasteiger partial charge in [-0.25, -0.2) is 0 Å². The van der Waals surface area contributed by atoms with E-state index in [1.54, 1.807) is 6.92 Å². The highest BCUT2D eigenvalue weighted by Crippen LogP contribution is 2.39. The Balaban J connectivity index is 2.16. The van der Waals surface area contributed by atoms with E-state index in [1.165, 1.54) is 6.42 Å². The van der Waals surface area contributed by atoms with Crippen LogP contribution in [-0.4, -0.2) is 34.0 Å². The molecule has 2 rings (SSSR count). The zero-order valence-corrected chi connectivity index (χ0v) is 12.4. The molecule has 1 aliphatic carbocycles. The standard InChI is InChI=1S/C14H25N3O3/c1-3-19-14(7-5-4-6-8-14)12-16-11(20-17-12)9-13(2,18)10-15/h18H,3-10,15H2,1-2H3. The summed E-state index contributed by atoms with van der Waals surface area (Å²) >= 11 is 0. The second-order valence-electron chi connectivity index (χ2n) is 5.88. The molecule has 1 saturated carbocycles. The minimum absolute atomic E-state index is 0.154. The predicted molar refractivity (Wildman–Crippen MR) is 74.1 cm³/mol.